The third-order valence-corrected chi connectivity index (χ3v) is 15.8. The first-order chi connectivity index (χ1) is 39.4. The molecular formula is C77H62N4. The number of aromatic nitrogens is 4. The summed E-state index contributed by atoms with van der Waals surface area (Å²) >= 11 is 0. The first-order valence-electron chi connectivity index (χ1n) is 28.1. The van der Waals surface area contributed by atoms with Crippen LogP contribution in [0.5, 0.6) is 0 Å². The minimum absolute atomic E-state index is 0.0425. The van der Waals surface area contributed by atoms with Crippen molar-refractivity contribution >= 4 is 21.8 Å². The number of benzene rings is 11. The van der Waals surface area contributed by atoms with E-state index in [1.807, 2.05) is 0 Å². The zero-order valence-electron chi connectivity index (χ0n) is 46.7. The van der Waals surface area contributed by atoms with E-state index in [1.165, 1.54) is 44.2 Å². The van der Waals surface area contributed by atoms with Gasteiger partial charge >= 0.3 is 0 Å². The highest BCUT2D eigenvalue weighted by Gasteiger charge is 2.25. The smallest absolute Gasteiger partial charge is 0.164 e. The van der Waals surface area contributed by atoms with E-state index in [0.717, 1.165) is 77.9 Å². The first-order valence-corrected chi connectivity index (χ1v) is 28.1. The van der Waals surface area contributed by atoms with Crippen molar-refractivity contribution in [1.29, 1.82) is 0 Å². The van der Waals surface area contributed by atoms with Crippen molar-refractivity contribution in [3.63, 3.8) is 0 Å². The molecule has 0 N–H and O–H groups in total. The summed E-state index contributed by atoms with van der Waals surface area (Å²) in [5.41, 5.74) is 22.0. The number of fused-ring (bicyclic) bond motifs is 3. The van der Waals surface area contributed by atoms with E-state index in [2.05, 4.69) is 313 Å². The molecule has 0 saturated carbocycles. The molecule has 11 aromatic carbocycles. The summed E-state index contributed by atoms with van der Waals surface area (Å²) in [6.45, 7) is 13.7. The Balaban J connectivity index is 1.10. The van der Waals surface area contributed by atoms with Gasteiger partial charge in [-0.2, -0.15) is 0 Å². The van der Waals surface area contributed by atoms with Crippen molar-refractivity contribution < 1.29 is 0 Å². The average molecular weight is 1040 g/mol. The van der Waals surface area contributed by atoms with E-state index in [1.54, 1.807) is 0 Å². The lowest BCUT2D eigenvalue weighted by Gasteiger charge is -2.23. The Morgan fingerprint density at radius 1 is 0.247 bits per heavy atom. The van der Waals surface area contributed by atoms with Gasteiger partial charge in [-0.1, -0.05) is 272 Å². The molecule has 0 fully saturated rings. The molecule has 0 radical (unpaired) electrons. The van der Waals surface area contributed by atoms with Crippen LogP contribution >= 0.6 is 0 Å². The summed E-state index contributed by atoms with van der Waals surface area (Å²) in [5.74, 6) is 1.79. The molecule has 0 saturated heterocycles. The second-order valence-electron chi connectivity index (χ2n) is 23.3. The molecule has 0 atom stereocenters. The van der Waals surface area contributed by atoms with E-state index in [9.17, 15) is 0 Å². The van der Waals surface area contributed by atoms with E-state index < -0.39 is 0 Å². The van der Waals surface area contributed by atoms with Crippen LogP contribution in [0.2, 0.25) is 0 Å². The van der Waals surface area contributed by atoms with Gasteiger partial charge in [0.25, 0.3) is 0 Å². The first kappa shape index (κ1) is 50.7. The Labute approximate surface area is 475 Å². The highest BCUT2D eigenvalue weighted by molar-refractivity contribution is 6.13. The third-order valence-electron chi connectivity index (χ3n) is 15.8. The summed E-state index contributed by atoms with van der Waals surface area (Å²) in [6.07, 6.45) is 0. The lowest BCUT2D eigenvalue weighted by molar-refractivity contribution is 0.590. The van der Waals surface area contributed by atoms with E-state index in [4.69, 9.17) is 15.0 Å². The number of nitrogens with zero attached hydrogens (tertiary/aromatic N) is 4. The van der Waals surface area contributed by atoms with Crippen LogP contribution in [0.15, 0.2) is 267 Å². The molecule has 4 heteroatoms. The van der Waals surface area contributed by atoms with Crippen molar-refractivity contribution in [2.75, 3.05) is 0 Å². The molecule has 0 amide bonds. The predicted molar refractivity (Wildman–Crippen MR) is 340 cm³/mol. The van der Waals surface area contributed by atoms with Crippen molar-refractivity contribution in [2.45, 2.75) is 52.4 Å². The maximum atomic E-state index is 5.47. The molecule has 13 aromatic rings. The van der Waals surface area contributed by atoms with Crippen LogP contribution in [0.25, 0.3) is 128 Å². The monoisotopic (exact) mass is 1040 g/mol. The maximum Gasteiger partial charge on any atom is 0.164 e. The fourth-order valence-corrected chi connectivity index (χ4v) is 11.3. The zero-order valence-corrected chi connectivity index (χ0v) is 46.7. The molecule has 0 bridgehead atoms. The highest BCUT2D eigenvalue weighted by Crippen LogP contribution is 2.46. The standard InChI is InChI=1S/C77H62N4/c1-76(2,3)64-41-35-57(36-42-64)66-49-63(75-79-73(59-31-27-55(28-32-59)51-19-11-7-12-20-51)78-74(80-75)60-33-29-56(30-34-60)52-21-13-8-14-22-52)50-67(58-37-43-65(44-38-58)77(4,5)6)72(66)81-70-45-39-61(53-23-15-9-16-24-53)47-68(70)69-48-62(40-46-71(69)81)54-25-17-10-18-26-54/h7-50H,1-6H3. The average Bonchev–Trinajstić information content (AvgIpc) is 3.55. The molecule has 0 aliphatic carbocycles. The minimum Gasteiger partial charge on any atom is -0.308 e. The summed E-state index contributed by atoms with van der Waals surface area (Å²) in [4.78, 5) is 16.2. The largest absolute Gasteiger partial charge is 0.308 e. The molecule has 13 rings (SSSR count). The Morgan fingerprint density at radius 3 is 0.852 bits per heavy atom. The lowest BCUT2D eigenvalue weighted by Crippen LogP contribution is -2.11. The number of hydrogen-bond acceptors (Lipinski definition) is 3. The highest BCUT2D eigenvalue weighted by atomic mass is 15.0. The van der Waals surface area contributed by atoms with Crippen LogP contribution in [0.1, 0.15) is 52.7 Å². The SMILES string of the molecule is CC(C)(C)c1ccc(-c2cc(-c3nc(-c4ccc(-c5ccccc5)cc4)nc(-c4ccc(-c5ccccc5)cc4)n3)cc(-c3ccc(C(C)(C)C)cc3)c2-n2c3ccc(-c4ccccc4)cc3c3cc(-c4ccccc4)ccc32)cc1. The molecule has 2 aromatic heterocycles. The second-order valence-corrected chi connectivity index (χ2v) is 23.3. The fraction of sp³-hybridized carbons (Fsp3) is 0.104. The second kappa shape index (κ2) is 20.8. The van der Waals surface area contributed by atoms with Gasteiger partial charge in [0.2, 0.25) is 0 Å². The Hall–Kier alpha value is -9.77. The molecule has 0 unspecified atom stereocenters. The summed E-state index contributed by atoms with van der Waals surface area (Å²) < 4.78 is 2.52. The van der Waals surface area contributed by atoms with Crippen LogP contribution in [0.3, 0.4) is 0 Å². The van der Waals surface area contributed by atoms with Crippen LogP contribution < -0.4 is 0 Å². The molecule has 0 aliphatic rings. The predicted octanol–water partition coefficient (Wildman–Crippen LogP) is 20.6. The van der Waals surface area contributed by atoms with Gasteiger partial charge in [0.05, 0.1) is 16.7 Å². The Morgan fingerprint density at radius 2 is 0.519 bits per heavy atom. The van der Waals surface area contributed by atoms with E-state index in [-0.39, 0.29) is 10.8 Å². The number of hydrogen-bond donors (Lipinski definition) is 0. The zero-order chi connectivity index (χ0) is 55.2. The Bertz CT molecular complexity index is 4100. The molecule has 81 heavy (non-hydrogen) atoms. The molecule has 0 spiro atoms. The Kier molecular flexibility index (Phi) is 13.0. The van der Waals surface area contributed by atoms with Gasteiger partial charge in [0.15, 0.2) is 17.5 Å². The van der Waals surface area contributed by atoms with Gasteiger partial charge < -0.3 is 4.57 Å². The van der Waals surface area contributed by atoms with Gasteiger partial charge in [-0.15, -0.1) is 0 Å². The van der Waals surface area contributed by atoms with Gasteiger partial charge in [-0.05, 0) is 114 Å². The minimum atomic E-state index is -0.0425. The van der Waals surface area contributed by atoms with Crippen molar-refractivity contribution in [3.05, 3.63) is 278 Å². The molecule has 4 nitrogen and oxygen atoms in total. The topological polar surface area (TPSA) is 43.6 Å². The van der Waals surface area contributed by atoms with Crippen molar-refractivity contribution in [1.82, 2.24) is 19.5 Å². The van der Waals surface area contributed by atoms with E-state index >= 15 is 0 Å². The number of rotatable bonds is 10. The quantitative estimate of drug-likeness (QED) is 0.137. The summed E-state index contributed by atoms with van der Waals surface area (Å²) in [5, 5.41) is 2.36. The van der Waals surface area contributed by atoms with Crippen molar-refractivity contribution in [2.24, 2.45) is 0 Å². The van der Waals surface area contributed by atoms with Crippen molar-refractivity contribution in [3.8, 4) is 107 Å². The summed E-state index contributed by atoms with van der Waals surface area (Å²) in [7, 11) is 0. The lowest BCUT2D eigenvalue weighted by atomic mass is 9.84. The van der Waals surface area contributed by atoms with Gasteiger partial charge in [-0.3, -0.25) is 0 Å². The van der Waals surface area contributed by atoms with Gasteiger partial charge in [0, 0.05) is 38.6 Å². The normalized spacial score (nSPS) is 11.8. The molecule has 0 aliphatic heterocycles. The molecule has 390 valence electrons. The van der Waals surface area contributed by atoms with E-state index in [0.29, 0.717) is 17.5 Å². The van der Waals surface area contributed by atoms with Gasteiger partial charge in [0.1, 0.15) is 0 Å². The molecule has 2 heterocycles. The van der Waals surface area contributed by atoms with Crippen LogP contribution in [-0.2, 0) is 10.8 Å². The van der Waals surface area contributed by atoms with Gasteiger partial charge in [-0.25, -0.2) is 15.0 Å². The third kappa shape index (κ3) is 10.1. The molecular weight excluding hydrogens is 981 g/mol. The van der Waals surface area contributed by atoms with Crippen LogP contribution in [-0.4, -0.2) is 19.5 Å². The van der Waals surface area contributed by atoms with Crippen LogP contribution in [0.4, 0.5) is 0 Å². The maximum absolute atomic E-state index is 5.47. The van der Waals surface area contributed by atoms with Crippen LogP contribution in [0, 0.1) is 0 Å². The fourth-order valence-electron chi connectivity index (χ4n) is 11.3. The summed E-state index contributed by atoms with van der Waals surface area (Å²) in [6, 6.07) is 96.6.